The molecule has 0 saturated carbocycles. The number of fused-ring (bicyclic) bond motifs is 13. The molecule has 0 atom stereocenters. The average molecular weight is 909 g/mol. The SMILES string of the molecule is CC1(C)c2ccccc2N(c2nc(-c3cc4ccccc4c4ccccc34)c3cccnc3n2)c2cc3c(cc21)c1ccccc1n3-c1nc(-c2cc3ccccc3c3ccccc23)c2cccnc2n1. The van der Waals surface area contributed by atoms with Gasteiger partial charge in [-0.05, 0) is 115 Å². The minimum absolute atomic E-state index is 0.403. The van der Waals surface area contributed by atoms with E-state index >= 15 is 0 Å². The van der Waals surface area contributed by atoms with Gasteiger partial charge < -0.3 is 0 Å². The Morgan fingerprint density at radius 1 is 0.352 bits per heavy atom. The second kappa shape index (κ2) is 14.8. The van der Waals surface area contributed by atoms with E-state index in [9.17, 15) is 0 Å². The quantitative estimate of drug-likeness (QED) is 0.163. The number of para-hydroxylation sites is 2. The second-order valence-corrected chi connectivity index (χ2v) is 19.1. The molecule has 15 rings (SSSR count). The number of rotatable bonds is 4. The van der Waals surface area contributed by atoms with Crippen LogP contribution in [0.1, 0.15) is 25.0 Å². The Morgan fingerprint density at radius 2 is 0.845 bits per heavy atom. The number of benzene rings is 9. The zero-order chi connectivity index (χ0) is 47.0. The zero-order valence-electron chi connectivity index (χ0n) is 38.7. The Morgan fingerprint density at radius 3 is 1.48 bits per heavy atom. The van der Waals surface area contributed by atoms with E-state index in [1.165, 1.54) is 27.1 Å². The van der Waals surface area contributed by atoms with Crippen LogP contribution in [0.15, 0.2) is 207 Å². The summed E-state index contributed by atoms with van der Waals surface area (Å²) in [6.07, 6.45) is 3.63. The molecule has 0 bridgehead atoms. The maximum absolute atomic E-state index is 5.66. The van der Waals surface area contributed by atoms with Gasteiger partial charge in [-0.15, -0.1) is 0 Å². The standard InChI is InChI=1S/C63H40N8/c1-63(2)51-28-12-14-30-54(51)71(62-67-58(47-27-16-32-65-60(47)69-62)50-34-38-18-4-6-20-40(38)42-22-8-10-24-44(42)50)56-36-55-48(35-52(56)63)45-25-11-13-29-53(45)70(55)61-66-57(46-26-15-31-64-59(46)68-61)49-33-37-17-3-5-19-39(37)41-21-7-9-23-43(41)49/h3-36H,1-2H3. The van der Waals surface area contributed by atoms with Crippen molar-refractivity contribution in [2.75, 3.05) is 4.90 Å². The highest BCUT2D eigenvalue weighted by Crippen LogP contribution is 2.54. The first-order valence-electron chi connectivity index (χ1n) is 24.0. The molecule has 0 saturated heterocycles. The van der Waals surface area contributed by atoms with Gasteiger partial charge in [-0.3, -0.25) is 9.47 Å². The van der Waals surface area contributed by atoms with Crippen LogP contribution < -0.4 is 4.90 Å². The molecule has 332 valence electrons. The topological polar surface area (TPSA) is 85.5 Å². The van der Waals surface area contributed by atoms with Crippen molar-refractivity contribution in [3.05, 3.63) is 218 Å². The zero-order valence-corrected chi connectivity index (χ0v) is 38.7. The maximum Gasteiger partial charge on any atom is 0.237 e. The molecule has 1 aliphatic heterocycles. The van der Waals surface area contributed by atoms with Crippen LogP contribution in [0.3, 0.4) is 0 Å². The van der Waals surface area contributed by atoms with Gasteiger partial charge in [-0.2, -0.15) is 9.97 Å². The molecule has 0 amide bonds. The van der Waals surface area contributed by atoms with Gasteiger partial charge in [0.25, 0.3) is 0 Å². The van der Waals surface area contributed by atoms with E-state index in [4.69, 9.17) is 29.9 Å². The maximum atomic E-state index is 5.66. The van der Waals surface area contributed by atoms with Gasteiger partial charge in [-0.25, -0.2) is 19.9 Å². The number of pyridine rings is 2. The van der Waals surface area contributed by atoms with Crippen LogP contribution in [-0.2, 0) is 5.41 Å². The first-order chi connectivity index (χ1) is 35.0. The van der Waals surface area contributed by atoms with Gasteiger partial charge >= 0.3 is 0 Å². The van der Waals surface area contributed by atoms with Crippen LogP contribution in [0.4, 0.5) is 17.3 Å². The Hall–Kier alpha value is -9.40. The third-order valence-electron chi connectivity index (χ3n) is 14.9. The van der Waals surface area contributed by atoms with Gasteiger partial charge in [0.15, 0.2) is 11.3 Å². The lowest BCUT2D eigenvalue weighted by Crippen LogP contribution is -2.31. The summed E-state index contributed by atoms with van der Waals surface area (Å²) in [4.78, 5) is 34.0. The van der Waals surface area contributed by atoms with Crippen LogP contribution in [0.2, 0.25) is 0 Å². The summed E-state index contributed by atoms with van der Waals surface area (Å²) in [6.45, 7) is 4.64. The molecule has 0 radical (unpaired) electrons. The average Bonchev–Trinajstić information content (AvgIpc) is 3.75. The lowest BCUT2D eigenvalue weighted by molar-refractivity contribution is 0.632. The molecular formula is C63H40N8. The fourth-order valence-electron chi connectivity index (χ4n) is 11.6. The molecule has 0 unspecified atom stereocenters. The molecule has 0 fully saturated rings. The van der Waals surface area contributed by atoms with Crippen LogP contribution >= 0.6 is 0 Å². The number of hydrogen-bond acceptors (Lipinski definition) is 7. The van der Waals surface area contributed by atoms with Crippen LogP contribution in [0.5, 0.6) is 0 Å². The Bertz CT molecular complexity index is 4590. The molecular weight excluding hydrogens is 869 g/mol. The molecule has 1 aliphatic rings. The highest BCUT2D eigenvalue weighted by molar-refractivity contribution is 6.17. The van der Waals surface area contributed by atoms with E-state index in [1.807, 2.05) is 24.5 Å². The molecule has 14 aromatic rings. The molecule has 9 aromatic carbocycles. The number of anilines is 3. The molecule has 8 heteroatoms. The summed E-state index contributed by atoms with van der Waals surface area (Å²) in [5, 5.41) is 13.2. The van der Waals surface area contributed by atoms with Gasteiger partial charge in [0.05, 0.1) is 33.8 Å². The molecule has 6 heterocycles. The van der Waals surface area contributed by atoms with Crippen molar-refractivity contribution in [2.45, 2.75) is 19.3 Å². The van der Waals surface area contributed by atoms with Crippen molar-refractivity contribution in [1.82, 2.24) is 34.5 Å². The fourth-order valence-corrected chi connectivity index (χ4v) is 11.6. The van der Waals surface area contributed by atoms with Crippen LogP contribution in [0.25, 0.3) is 115 Å². The van der Waals surface area contributed by atoms with E-state index in [1.54, 1.807) is 0 Å². The second-order valence-electron chi connectivity index (χ2n) is 19.1. The van der Waals surface area contributed by atoms with E-state index in [2.05, 4.69) is 205 Å². The van der Waals surface area contributed by atoms with Crippen LogP contribution in [0, 0.1) is 0 Å². The van der Waals surface area contributed by atoms with E-state index in [-0.39, 0.29) is 0 Å². The fraction of sp³-hybridized carbons (Fsp3) is 0.0476. The van der Waals surface area contributed by atoms with Crippen molar-refractivity contribution >= 4 is 104 Å². The Kier molecular flexibility index (Phi) is 8.25. The minimum atomic E-state index is -0.403. The minimum Gasteiger partial charge on any atom is -0.278 e. The summed E-state index contributed by atoms with van der Waals surface area (Å²) in [6, 6.07) is 68.9. The highest BCUT2D eigenvalue weighted by atomic mass is 15.3. The molecule has 8 nitrogen and oxygen atoms in total. The van der Waals surface area contributed by atoms with E-state index < -0.39 is 5.41 Å². The van der Waals surface area contributed by atoms with Gasteiger partial charge in [0, 0.05) is 50.5 Å². The normalized spacial score (nSPS) is 13.3. The monoisotopic (exact) mass is 908 g/mol. The van der Waals surface area contributed by atoms with Gasteiger partial charge in [0.2, 0.25) is 11.9 Å². The van der Waals surface area contributed by atoms with Crippen molar-refractivity contribution in [1.29, 1.82) is 0 Å². The largest absolute Gasteiger partial charge is 0.278 e. The molecule has 0 spiro atoms. The van der Waals surface area contributed by atoms with E-state index in [0.29, 0.717) is 23.2 Å². The van der Waals surface area contributed by atoms with Crippen molar-refractivity contribution in [3.63, 3.8) is 0 Å². The first-order valence-corrected chi connectivity index (χ1v) is 24.0. The smallest absolute Gasteiger partial charge is 0.237 e. The van der Waals surface area contributed by atoms with Crippen LogP contribution in [-0.4, -0.2) is 34.5 Å². The number of nitrogens with zero attached hydrogens (tertiary/aromatic N) is 8. The summed E-state index contributed by atoms with van der Waals surface area (Å²) >= 11 is 0. The predicted octanol–water partition coefficient (Wildman–Crippen LogP) is 15.5. The molecule has 0 aliphatic carbocycles. The van der Waals surface area contributed by atoms with Crippen molar-refractivity contribution in [3.8, 4) is 28.5 Å². The van der Waals surface area contributed by atoms with Crippen molar-refractivity contribution < 1.29 is 0 Å². The summed E-state index contributed by atoms with van der Waals surface area (Å²) < 4.78 is 2.22. The first kappa shape index (κ1) is 39.6. The number of hydrogen-bond donors (Lipinski definition) is 0. The molecule has 0 N–H and O–H groups in total. The third-order valence-corrected chi connectivity index (χ3v) is 14.9. The van der Waals surface area contributed by atoms with Gasteiger partial charge in [0.1, 0.15) is 0 Å². The molecule has 5 aromatic heterocycles. The highest BCUT2D eigenvalue weighted by Gasteiger charge is 2.39. The summed E-state index contributed by atoms with van der Waals surface area (Å²) in [5.41, 5.74) is 10.8. The lowest BCUT2D eigenvalue weighted by atomic mass is 9.73. The van der Waals surface area contributed by atoms with Gasteiger partial charge in [-0.1, -0.05) is 147 Å². The third kappa shape index (κ3) is 5.73. The predicted molar refractivity (Wildman–Crippen MR) is 290 cm³/mol. The Balaban J connectivity index is 1.02. The van der Waals surface area contributed by atoms with Crippen molar-refractivity contribution in [2.24, 2.45) is 0 Å². The summed E-state index contributed by atoms with van der Waals surface area (Å²) in [7, 11) is 0. The molecule has 71 heavy (non-hydrogen) atoms. The Labute approximate surface area is 407 Å². The van der Waals surface area contributed by atoms with E-state index in [0.717, 1.165) is 93.6 Å². The number of aromatic nitrogens is 7. The summed E-state index contributed by atoms with van der Waals surface area (Å²) in [5.74, 6) is 1.07. The lowest BCUT2D eigenvalue weighted by Gasteiger charge is -2.41.